The van der Waals surface area contributed by atoms with Gasteiger partial charge in [0, 0.05) is 68.2 Å². The number of carbonyl (C=O) groups is 7. The van der Waals surface area contributed by atoms with Gasteiger partial charge in [0.15, 0.2) is 12.4 Å². The van der Waals surface area contributed by atoms with E-state index in [1.807, 2.05) is 66.7 Å². The van der Waals surface area contributed by atoms with E-state index in [1.54, 1.807) is 59.5 Å². The summed E-state index contributed by atoms with van der Waals surface area (Å²) in [7, 11) is -1.76. The van der Waals surface area contributed by atoms with Crippen LogP contribution in [0.4, 0.5) is 14.4 Å². The Morgan fingerprint density at radius 3 is 1.75 bits per heavy atom. The minimum absolute atomic E-state index is 0.0128. The molecule has 1 aliphatic heterocycles. The number of nitrogens with one attached hydrogen (secondary N) is 1. The largest absolute Gasteiger partial charge is 0.679 e. The van der Waals surface area contributed by atoms with E-state index in [4.69, 9.17) is 28.9 Å². The van der Waals surface area contributed by atoms with Gasteiger partial charge in [0.2, 0.25) is 5.91 Å². The topological polar surface area (TPSA) is 281 Å². The Labute approximate surface area is 477 Å². The van der Waals surface area contributed by atoms with Crippen molar-refractivity contribution in [1.82, 2.24) is 29.4 Å². The molecule has 1 aliphatic rings. The van der Waals surface area contributed by atoms with E-state index in [0.29, 0.717) is 57.9 Å². The third-order valence-corrected chi connectivity index (χ3v) is 12.7. The van der Waals surface area contributed by atoms with E-state index >= 15 is 8.63 Å². The first-order chi connectivity index (χ1) is 40.1. The van der Waals surface area contributed by atoms with E-state index < -0.39 is 56.8 Å². The molecular weight excluding hydrogens is 1090 g/mol. The van der Waals surface area contributed by atoms with Gasteiger partial charge in [0.05, 0.1) is 45.6 Å². The highest BCUT2D eigenvalue weighted by Gasteiger charge is 2.30. The third kappa shape index (κ3) is 20.4. The van der Waals surface area contributed by atoms with Gasteiger partial charge in [-0.25, -0.2) is 14.8 Å². The number of amides is 1. The minimum atomic E-state index is -3.03. The summed E-state index contributed by atoms with van der Waals surface area (Å²) in [6.07, 6.45) is 2.88. The normalized spacial score (nSPS) is 12.5. The number of hydrogen-bond acceptors (Lipinski definition) is 17. The van der Waals surface area contributed by atoms with Crippen molar-refractivity contribution in [2.45, 2.75) is 12.8 Å². The maximum atomic E-state index is 15.6. The van der Waals surface area contributed by atoms with Crippen LogP contribution in [0.3, 0.4) is 0 Å². The molecule has 0 fully saturated rings. The summed E-state index contributed by atoms with van der Waals surface area (Å²) in [4.78, 5) is 96.7. The lowest BCUT2D eigenvalue weighted by Crippen LogP contribution is -2.46. The van der Waals surface area contributed by atoms with Crippen LogP contribution >= 0.6 is 0 Å². The second-order valence-corrected chi connectivity index (χ2v) is 18.6. The predicted octanol–water partition coefficient (Wildman–Crippen LogP) is 4.76. The predicted molar refractivity (Wildman–Crippen MR) is 301 cm³/mol. The van der Waals surface area contributed by atoms with Crippen molar-refractivity contribution in [2.75, 3.05) is 106 Å². The summed E-state index contributed by atoms with van der Waals surface area (Å²) in [5, 5.41) is 30.8. The molecule has 1 aromatic heterocycles. The number of halogens is 2. The zero-order valence-corrected chi connectivity index (χ0v) is 45.4. The standard InChI is InChI=1S/C57H63BF2N8O15/c1-79-55(78)36-83-46-18-14-42(15-19-46)47-30-49(43-12-6-3-7-13-43)62-56(47)63-57-48(41-10-4-2-5-11-41)31-50(68(57)58(59)60)44-16-20-45(21-17-44)82-29-9-8-22-61-51(71)32-67(38-81-40-70)28-24-64(33-52(72)73)23-25-65(37-80-39-69)26-27-66(34-53(74)75)35-54(76)77/h2-7,10-21,30-31,39-40H,8-9,22-29,32-38H2,1H3,(H,61,71)(H,72,73)(H,74,75)(H,76,77). The molecular formula is C57H63BF2N8O15. The number of carbonyl (C=O) groups excluding carboxylic acids is 4. The molecule has 0 saturated carbocycles. The number of ether oxygens (including phenoxy) is 5. The Hall–Kier alpha value is -9.11. The molecule has 5 aromatic rings. The average molecular weight is 1150 g/mol. The van der Waals surface area contributed by atoms with Gasteiger partial charge in [0.25, 0.3) is 12.9 Å². The quantitative estimate of drug-likeness (QED) is 0.0104. The number of rotatable bonds is 38. The fourth-order valence-corrected chi connectivity index (χ4v) is 8.61. The Kier molecular flexibility index (Phi) is 25.1. The molecule has 0 saturated heterocycles. The highest BCUT2D eigenvalue weighted by molar-refractivity contribution is 6.43. The number of amidine groups is 1. The Morgan fingerprint density at radius 2 is 1.17 bits per heavy atom. The van der Waals surface area contributed by atoms with Crippen molar-refractivity contribution in [3.63, 3.8) is 0 Å². The van der Waals surface area contributed by atoms with Crippen molar-refractivity contribution < 1.29 is 81.2 Å². The van der Waals surface area contributed by atoms with Gasteiger partial charge in [-0.05, 0) is 78.1 Å². The maximum absolute atomic E-state index is 15.6. The van der Waals surface area contributed by atoms with Crippen LogP contribution in [-0.4, -0.2) is 207 Å². The minimum Gasteiger partial charge on any atom is -0.494 e. The molecule has 438 valence electrons. The first kappa shape index (κ1) is 63.1. The molecule has 0 unspecified atom stereocenters. The highest BCUT2D eigenvalue weighted by Crippen LogP contribution is 2.41. The summed E-state index contributed by atoms with van der Waals surface area (Å²) >= 11 is 0. The van der Waals surface area contributed by atoms with E-state index in [-0.39, 0.29) is 109 Å². The second-order valence-electron chi connectivity index (χ2n) is 18.6. The van der Waals surface area contributed by atoms with Gasteiger partial charge in [-0.15, -0.1) is 0 Å². The fourth-order valence-electron chi connectivity index (χ4n) is 8.61. The lowest BCUT2D eigenvalue weighted by atomic mass is 10.0. The summed E-state index contributed by atoms with van der Waals surface area (Å²) in [5.74, 6) is -3.49. The van der Waals surface area contributed by atoms with Crippen LogP contribution in [0.15, 0.2) is 131 Å². The van der Waals surface area contributed by atoms with Crippen molar-refractivity contribution in [3.05, 3.63) is 132 Å². The van der Waals surface area contributed by atoms with Crippen molar-refractivity contribution >= 4 is 73.1 Å². The molecule has 6 rings (SSSR count). The first-order valence-corrected chi connectivity index (χ1v) is 26.1. The van der Waals surface area contributed by atoms with E-state index in [9.17, 15) is 48.9 Å². The molecule has 4 N–H and O–H groups in total. The highest BCUT2D eigenvalue weighted by atomic mass is 19.2. The van der Waals surface area contributed by atoms with Crippen molar-refractivity contribution in [3.8, 4) is 33.9 Å². The van der Waals surface area contributed by atoms with Crippen LogP contribution in [0.1, 0.15) is 24.0 Å². The number of carboxylic acids is 3. The van der Waals surface area contributed by atoms with Crippen LogP contribution < -0.4 is 14.8 Å². The smallest absolute Gasteiger partial charge is 0.494 e. The molecule has 0 radical (unpaired) electrons. The zero-order chi connectivity index (χ0) is 59.5. The van der Waals surface area contributed by atoms with Gasteiger partial charge >= 0.3 is 31.3 Å². The molecule has 0 atom stereocenters. The van der Waals surface area contributed by atoms with E-state index in [0.717, 1.165) is 10.0 Å². The van der Waals surface area contributed by atoms with Crippen LogP contribution in [0.2, 0.25) is 0 Å². The number of nitrogens with zero attached hydrogens (tertiary/aromatic N) is 7. The number of aliphatic imine (C=N–C) groups is 2. The molecule has 23 nitrogen and oxygen atoms in total. The number of aliphatic carboxylic acids is 3. The maximum Gasteiger partial charge on any atom is 0.679 e. The molecule has 0 bridgehead atoms. The number of unbranched alkanes of at least 4 members (excludes halogenated alkanes) is 1. The lowest BCUT2D eigenvalue weighted by molar-refractivity contribution is -0.143. The van der Waals surface area contributed by atoms with Crippen LogP contribution in [0, 0.1) is 0 Å². The Balaban J connectivity index is 1.07. The number of carboxylic acid groups (broad SMARTS) is 3. The van der Waals surface area contributed by atoms with Crippen LogP contribution in [0.25, 0.3) is 28.0 Å². The third-order valence-electron chi connectivity index (χ3n) is 12.7. The number of hydrogen-bond donors (Lipinski definition) is 4. The van der Waals surface area contributed by atoms with Gasteiger partial charge in [-0.1, -0.05) is 72.8 Å². The summed E-state index contributed by atoms with van der Waals surface area (Å²) in [6.45, 7) is -1.07. The van der Waals surface area contributed by atoms with Crippen molar-refractivity contribution in [1.29, 1.82) is 0 Å². The van der Waals surface area contributed by atoms with Crippen molar-refractivity contribution in [2.24, 2.45) is 9.98 Å². The Bertz CT molecular complexity index is 3040. The van der Waals surface area contributed by atoms with E-state index in [2.05, 4.69) is 10.1 Å². The summed E-state index contributed by atoms with van der Waals surface area (Å²) in [5.41, 5.74) is 4.37. The van der Waals surface area contributed by atoms with Crippen LogP contribution in [0.5, 0.6) is 11.5 Å². The van der Waals surface area contributed by atoms with E-state index in [1.165, 1.54) is 21.8 Å². The number of benzene rings is 4. The Morgan fingerprint density at radius 1 is 0.639 bits per heavy atom. The lowest BCUT2D eigenvalue weighted by Gasteiger charge is -2.29. The molecule has 4 aromatic carbocycles. The second kappa shape index (κ2) is 33.0. The fraction of sp³-hybridized carbons (Fsp3) is 0.316. The molecule has 0 spiro atoms. The number of aromatic nitrogens is 1. The molecule has 1 amide bonds. The molecule has 2 heterocycles. The van der Waals surface area contributed by atoms with Gasteiger partial charge in [0.1, 0.15) is 30.8 Å². The number of allylic oxidation sites excluding steroid dienone is 1. The average Bonchev–Trinajstić information content (AvgIpc) is 2.93. The van der Waals surface area contributed by atoms with Gasteiger partial charge < -0.3 is 48.8 Å². The monoisotopic (exact) mass is 1150 g/mol. The van der Waals surface area contributed by atoms with Gasteiger partial charge in [-0.3, -0.25) is 57.0 Å². The summed E-state index contributed by atoms with van der Waals surface area (Å²) < 4.78 is 58.0. The molecule has 26 heteroatoms. The number of esters is 1. The van der Waals surface area contributed by atoms with Crippen LogP contribution in [-0.2, 0) is 47.8 Å². The number of methoxy groups -OCH3 is 1. The summed E-state index contributed by atoms with van der Waals surface area (Å²) in [6, 6.07) is 33.8. The first-order valence-electron chi connectivity index (χ1n) is 26.1. The SMILES string of the molecule is COC(=O)COc1ccc(C2=CC(c3ccccc3)=NC2=Nc2c(-c3ccccc3)cc(-c3ccc(OCCCCNC(=O)CN(CCN(CCN(CCN(CC(=O)O)CC(=O)O)COC=O)CC(=O)O)COC=O)cc3)n2B(F)F)cc1. The van der Waals surface area contributed by atoms with Gasteiger partial charge in [-0.2, -0.15) is 0 Å². The molecule has 83 heavy (non-hydrogen) atoms. The molecule has 0 aliphatic carbocycles. The zero-order valence-electron chi connectivity index (χ0n) is 45.4.